The molecule has 2 saturated heterocycles. The van der Waals surface area contributed by atoms with E-state index in [1.165, 1.54) is 0 Å². The molecule has 0 saturated carbocycles. The summed E-state index contributed by atoms with van der Waals surface area (Å²) in [6, 6.07) is -0.742. The second kappa shape index (κ2) is 6.50. The molecular formula is C13H22N2O3S. The van der Waals surface area contributed by atoms with Gasteiger partial charge in [0.25, 0.3) is 0 Å². The molecular weight excluding hydrogens is 264 g/mol. The number of nitrogens with zero attached hydrogens (tertiary/aromatic N) is 2. The van der Waals surface area contributed by atoms with Gasteiger partial charge in [0.05, 0.1) is 0 Å². The summed E-state index contributed by atoms with van der Waals surface area (Å²) < 4.78 is 0. The molecule has 0 aliphatic carbocycles. The lowest BCUT2D eigenvalue weighted by atomic mass is 10.0. The van der Waals surface area contributed by atoms with Gasteiger partial charge in [-0.05, 0) is 25.2 Å². The zero-order chi connectivity index (χ0) is 13.8. The average molecular weight is 286 g/mol. The Balaban J connectivity index is 2.02. The molecule has 5 nitrogen and oxygen atoms in total. The van der Waals surface area contributed by atoms with Gasteiger partial charge in [-0.3, -0.25) is 0 Å². The van der Waals surface area contributed by atoms with Gasteiger partial charge in [0.1, 0.15) is 6.04 Å². The summed E-state index contributed by atoms with van der Waals surface area (Å²) >= 11 is 1.61. The SMILES string of the molecule is CC1CCCN(C(=O)N2CCSCC2C(=O)O)CC1. The van der Waals surface area contributed by atoms with E-state index in [9.17, 15) is 14.7 Å². The Hall–Kier alpha value is -0.910. The second-order valence-corrected chi connectivity index (χ2v) is 6.58. The fourth-order valence-corrected chi connectivity index (χ4v) is 3.71. The van der Waals surface area contributed by atoms with E-state index < -0.39 is 12.0 Å². The summed E-state index contributed by atoms with van der Waals surface area (Å²) in [6.07, 6.45) is 3.20. The summed E-state index contributed by atoms with van der Waals surface area (Å²) in [5.74, 6) is 1.11. The number of hydrogen-bond donors (Lipinski definition) is 1. The van der Waals surface area contributed by atoms with Gasteiger partial charge >= 0.3 is 12.0 Å². The molecule has 2 rings (SSSR count). The number of aliphatic carboxylic acids is 1. The van der Waals surface area contributed by atoms with Gasteiger partial charge in [-0.2, -0.15) is 11.8 Å². The van der Waals surface area contributed by atoms with E-state index in [0.717, 1.165) is 38.1 Å². The van der Waals surface area contributed by atoms with E-state index in [-0.39, 0.29) is 6.03 Å². The highest BCUT2D eigenvalue weighted by molar-refractivity contribution is 7.99. The largest absolute Gasteiger partial charge is 0.480 e. The maximum atomic E-state index is 12.5. The molecule has 2 unspecified atom stereocenters. The number of carboxylic acids is 1. The van der Waals surface area contributed by atoms with E-state index in [2.05, 4.69) is 6.92 Å². The summed E-state index contributed by atoms with van der Waals surface area (Å²) in [4.78, 5) is 27.1. The van der Waals surface area contributed by atoms with Gasteiger partial charge in [-0.25, -0.2) is 9.59 Å². The van der Waals surface area contributed by atoms with Gasteiger partial charge in [0, 0.05) is 31.1 Å². The summed E-state index contributed by atoms with van der Waals surface area (Å²) in [5, 5.41) is 9.23. The quantitative estimate of drug-likeness (QED) is 0.797. The maximum Gasteiger partial charge on any atom is 0.327 e. The van der Waals surface area contributed by atoms with Gasteiger partial charge in [-0.1, -0.05) is 6.92 Å². The number of thioether (sulfide) groups is 1. The molecule has 6 heteroatoms. The van der Waals surface area contributed by atoms with Gasteiger partial charge < -0.3 is 14.9 Å². The van der Waals surface area contributed by atoms with Crippen molar-refractivity contribution in [1.29, 1.82) is 0 Å². The molecule has 2 atom stereocenters. The van der Waals surface area contributed by atoms with Crippen LogP contribution in [0.3, 0.4) is 0 Å². The molecule has 19 heavy (non-hydrogen) atoms. The molecule has 108 valence electrons. The summed E-state index contributed by atoms with van der Waals surface area (Å²) in [5.41, 5.74) is 0. The first-order valence-electron chi connectivity index (χ1n) is 6.95. The van der Waals surface area contributed by atoms with Crippen molar-refractivity contribution in [2.24, 2.45) is 5.92 Å². The number of carbonyl (C=O) groups is 2. The highest BCUT2D eigenvalue weighted by atomic mass is 32.2. The number of rotatable bonds is 1. The third-order valence-electron chi connectivity index (χ3n) is 3.95. The smallest absolute Gasteiger partial charge is 0.327 e. The third-order valence-corrected chi connectivity index (χ3v) is 4.97. The van der Waals surface area contributed by atoms with Crippen LogP contribution in [-0.4, -0.2) is 64.1 Å². The average Bonchev–Trinajstić information content (AvgIpc) is 2.62. The van der Waals surface area contributed by atoms with Crippen LogP contribution in [0.4, 0.5) is 4.79 Å². The lowest BCUT2D eigenvalue weighted by Crippen LogP contribution is -2.55. The number of likely N-dealkylation sites (tertiary alicyclic amines) is 1. The molecule has 0 aromatic rings. The van der Waals surface area contributed by atoms with Crippen LogP contribution in [0.2, 0.25) is 0 Å². The normalized spacial score (nSPS) is 28.9. The van der Waals surface area contributed by atoms with Crippen LogP contribution in [-0.2, 0) is 4.79 Å². The highest BCUT2D eigenvalue weighted by Crippen LogP contribution is 2.21. The minimum absolute atomic E-state index is 0.0817. The van der Waals surface area contributed by atoms with E-state index in [0.29, 0.717) is 18.2 Å². The number of carbonyl (C=O) groups excluding carboxylic acids is 1. The zero-order valence-corrected chi connectivity index (χ0v) is 12.2. The van der Waals surface area contributed by atoms with Crippen LogP contribution in [0.25, 0.3) is 0 Å². The van der Waals surface area contributed by atoms with Crippen molar-refractivity contribution in [1.82, 2.24) is 9.80 Å². The topological polar surface area (TPSA) is 60.9 Å². The molecule has 2 fully saturated rings. The Bertz CT molecular complexity index is 351. The number of carboxylic acid groups (broad SMARTS) is 1. The van der Waals surface area contributed by atoms with Gasteiger partial charge in [0.2, 0.25) is 0 Å². The monoisotopic (exact) mass is 286 g/mol. The van der Waals surface area contributed by atoms with E-state index in [4.69, 9.17) is 0 Å². The van der Waals surface area contributed by atoms with Crippen molar-refractivity contribution in [3.05, 3.63) is 0 Å². The Labute approximate surface area is 118 Å². The van der Waals surface area contributed by atoms with Crippen LogP contribution >= 0.6 is 11.8 Å². The van der Waals surface area contributed by atoms with Crippen molar-refractivity contribution in [3.63, 3.8) is 0 Å². The van der Waals surface area contributed by atoms with Crippen molar-refractivity contribution in [3.8, 4) is 0 Å². The lowest BCUT2D eigenvalue weighted by Gasteiger charge is -2.36. The summed E-state index contributed by atoms with van der Waals surface area (Å²) in [6.45, 7) is 4.28. The Morgan fingerprint density at radius 2 is 2.00 bits per heavy atom. The highest BCUT2D eigenvalue weighted by Gasteiger charge is 2.35. The molecule has 2 aliphatic rings. The molecule has 2 amide bonds. The molecule has 1 N–H and O–H groups in total. The molecule has 2 aliphatic heterocycles. The van der Waals surface area contributed by atoms with Crippen LogP contribution < -0.4 is 0 Å². The predicted molar refractivity (Wildman–Crippen MR) is 75.4 cm³/mol. The number of amides is 2. The third kappa shape index (κ3) is 3.55. The van der Waals surface area contributed by atoms with Crippen LogP contribution in [0.1, 0.15) is 26.2 Å². The predicted octanol–water partition coefficient (Wildman–Crippen LogP) is 1.73. The minimum Gasteiger partial charge on any atom is -0.480 e. The summed E-state index contributed by atoms with van der Waals surface area (Å²) in [7, 11) is 0. The first-order chi connectivity index (χ1) is 9.09. The Morgan fingerprint density at radius 1 is 1.21 bits per heavy atom. The molecule has 0 aromatic heterocycles. The van der Waals surface area contributed by atoms with Crippen molar-refractivity contribution >= 4 is 23.8 Å². The fourth-order valence-electron chi connectivity index (χ4n) is 2.67. The standard InChI is InChI=1S/C13H22N2O3S/c1-10-3-2-5-14(6-4-10)13(18)15-7-8-19-9-11(15)12(16)17/h10-11H,2-9H2,1H3,(H,16,17). The molecule has 0 aromatic carbocycles. The van der Waals surface area contributed by atoms with E-state index in [1.54, 1.807) is 16.7 Å². The van der Waals surface area contributed by atoms with Crippen molar-refractivity contribution in [2.45, 2.75) is 32.2 Å². The van der Waals surface area contributed by atoms with Gasteiger partial charge in [0.15, 0.2) is 0 Å². The van der Waals surface area contributed by atoms with Crippen molar-refractivity contribution in [2.75, 3.05) is 31.1 Å². The van der Waals surface area contributed by atoms with E-state index >= 15 is 0 Å². The number of urea groups is 1. The second-order valence-electron chi connectivity index (χ2n) is 5.43. The first kappa shape index (κ1) is 14.5. The molecule has 0 radical (unpaired) electrons. The van der Waals surface area contributed by atoms with Crippen molar-refractivity contribution < 1.29 is 14.7 Å². The molecule has 0 spiro atoms. The fraction of sp³-hybridized carbons (Fsp3) is 0.846. The van der Waals surface area contributed by atoms with E-state index in [1.807, 2.05) is 4.90 Å². The molecule has 2 heterocycles. The molecule has 0 bridgehead atoms. The Morgan fingerprint density at radius 3 is 2.74 bits per heavy atom. The maximum absolute atomic E-state index is 12.5. The van der Waals surface area contributed by atoms with Crippen LogP contribution in [0.5, 0.6) is 0 Å². The van der Waals surface area contributed by atoms with Crippen LogP contribution in [0.15, 0.2) is 0 Å². The Kier molecular flexibility index (Phi) is 4.96. The van der Waals surface area contributed by atoms with Crippen LogP contribution in [0, 0.1) is 5.92 Å². The first-order valence-corrected chi connectivity index (χ1v) is 8.11. The van der Waals surface area contributed by atoms with Gasteiger partial charge in [-0.15, -0.1) is 0 Å². The zero-order valence-electron chi connectivity index (χ0n) is 11.4. The lowest BCUT2D eigenvalue weighted by molar-refractivity contribution is -0.141. The minimum atomic E-state index is -0.885. The number of hydrogen-bond acceptors (Lipinski definition) is 3.